The Hall–Kier alpha value is -1.84. The predicted molar refractivity (Wildman–Crippen MR) is 85.8 cm³/mol. The van der Waals surface area contributed by atoms with Gasteiger partial charge < -0.3 is 19.7 Å². The fourth-order valence-corrected chi connectivity index (χ4v) is 2.15. The van der Waals surface area contributed by atoms with Gasteiger partial charge in [0.1, 0.15) is 12.4 Å². The lowest BCUT2D eigenvalue weighted by atomic mass is 10.3. The summed E-state index contributed by atoms with van der Waals surface area (Å²) in [5, 5.41) is 7.73. The van der Waals surface area contributed by atoms with Crippen molar-refractivity contribution in [3.8, 4) is 5.75 Å². The smallest absolute Gasteiger partial charge is 0.317 e. The van der Waals surface area contributed by atoms with Gasteiger partial charge in [0.2, 0.25) is 10.0 Å². The van der Waals surface area contributed by atoms with Gasteiger partial charge in [0.25, 0.3) is 0 Å². The predicted octanol–water partition coefficient (Wildman–Crippen LogP) is 0.391. The van der Waals surface area contributed by atoms with E-state index in [1.165, 1.54) is 29.2 Å². The lowest BCUT2D eigenvalue weighted by Crippen LogP contribution is -2.40. The topological polar surface area (TPSA) is 111 Å². The van der Waals surface area contributed by atoms with Crippen LogP contribution in [-0.2, 0) is 14.8 Å². The van der Waals surface area contributed by atoms with E-state index in [1.54, 1.807) is 7.05 Å². The maximum atomic E-state index is 11.7. The third-order valence-electron chi connectivity index (χ3n) is 2.92. The Balaban J connectivity index is 2.31. The Labute approximate surface area is 136 Å². The van der Waals surface area contributed by atoms with Gasteiger partial charge in [-0.1, -0.05) is 0 Å². The Morgan fingerprint density at radius 1 is 1.26 bits per heavy atom. The maximum Gasteiger partial charge on any atom is 0.317 e. The molecular weight excluding hydrogens is 322 g/mol. The first-order valence-electron chi connectivity index (χ1n) is 7.17. The van der Waals surface area contributed by atoms with E-state index < -0.39 is 10.0 Å². The van der Waals surface area contributed by atoms with Crippen LogP contribution in [0.1, 0.15) is 6.92 Å². The van der Waals surface area contributed by atoms with Gasteiger partial charge in [0.05, 0.1) is 18.0 Å². The number of carbonyl (C=O) groups excluding carboxylic acids is 1. The summed E-state index contributed by atoms with van der Waals surface area (Å²) in [5.74, 6) is 0.502. The number of hydrogen-bond acceptors (Lipinski definition) is 5. The first-order chi connectivity index (χ1) is 10.8. The van der Waals surface area contributed by atoms with Crippen LogP contribution in [0.5, 0.6) is 5.75 Å². The molecule has 0 heterocycles. The monoisotopic (exact) mass is 345 g/mol. The SMILES string of the molecule is CCOCCNC(=O)N(C)CCOc1ccc(S(N)(=O)=O)cc1. The zero-order valence-corrected chi connectivity index (χ0v) is 14.1. The van der Waals surface area contributed by atoms with Gasteiger partial charge in [-0.05, 0) is 31.2 Å². The molecule has 0 aliphatic carbocycles. The molecule has 1 aromatic carbocycles. The zero-order valence-electron chi connectivity index (χ0n) is 13.3. The van der Waals surface area contributed by atoms with Crippen molar-refractivity contribution in [1.82, 2.24) is 10.2 Å². The molecule has 0 aliphatic heterocycles. The molecule has 9 heteroatoms. The molecule has 2 amide bonds. The summed E-state index contributed by atoms with van der Waals surface area (Å²) in [5.41, 5.74) is 0. The number of urea groups is 1. The number of sulfonamides is 1. The second-order valence-corrected chi connectivity index (χ2v) is 6.28. The Morgan fingerprint density at radius 2 is 1.91 bits per heavy atom. The van der Waals surface area contributed by atoms with E-state index in [-0.39, 0.29) is 17.5 Å². The number of primary sulfonamides is 1. The van der Waals surface area contributed by atoms with Crippen molar-refractivity contribution >= 4 is 16.1 Å². The van der Waals surface area contributed by atoms with E-state index in [4.69, 9.17) is 14.6 Å². The van der Waals surface area contributed by atoms with Gasteiger partial charge in [-0.15, -0.1) is 0 Å². The standard InChI is InChI=1S/C14H23N3O5S/c1-3-21-10-8-16-14(18)17(2)9-11-22-12-4-6-13(7-5-12)23(15,19)20/h4-7H,3,8-11H2,1-2H3,(H,16,18)(H2,15,19,20). The number of rotatable bonds is 9. The summed E-state index contributed by atoms with van der Waals surface area (Å²) in [6.07, 6.45) is 0. The van der Waals surface area contributed by atoms with Gasteiger partial charge in [-0.2, -0.15) is 0 Å². The van der Waals surface area contributed by atoms with Crippen LogP contribution in [0.25, 0.3) is 0 Å². The Bertz CT molecular complexity index is 589. The highest BCUT2D eigenvalue weighted by atomic mass is 32.2. The van der Waals surface area contributed by atoms with Crippen molar-refractivity contribution in [2.24, 2.45) is 5.14 Å². The Kier molecular flexibility index (Phi) is 7.79. The number of amides is 2. The lowest BCUT2D eigenvalue weighted by molar-refractivity contribution is 0.145. The minimum Gasteiger partial charge on any atom is -0.492 e. The first kappa shape index (κ1) is 19.2. The van der Waals surface area contributed by atoms with E-state index in [0.717, 1.165) is 0 Å². The third kappa shape index (κ3) is 7.31. The minimum atomic E-state index is -3.70. The van der Waals surface area contributed by atoms with Gasteiger partial charge in [-0.25, -0.2) is 18.4 Å². The van der Waals surface area contributed by atoms with Crippen LogP contribution in [0.4, 0.5) is 4.79 Å². The van der Waals surface area contributed by atoms with Crippen LogP contribution in [0, 0.1) is 0 Å². The van der Waals surface area contributed by atoms with Gasteiger partial charge in [-0.3, -0.25) is 0 Å². The fraction of sp³-hybridized carbons (Fsp3) is 0.500. The van der Waals surface area contributed by atoms with Crippen molar-refractivity contribution in [3.05, 3.63) is 24.3 Å². The molecule has 0 radical (unpaired) electrons. The molecule has 0 aliphatic rings. The molecule has 0 fully saturated rings. The number of carbonyl (C=O) groups is 1. The molecule has 1 aromatic rings. The van der Waals surface area contributed by atoms with Crippen molar-refractivity contribution in [1.29, 1.82) is 0 Å². The third-order valence-corrected chi connectivity index (χ3v) is 3.85. The summed E-state index contributed by atoms with van der Waals surface area (Å²) in [6, 6.07) is 5.56. The largest absolute Gasteiger partial charge is 0.492 e. The van der Waals surface area contributed by atoms with Crippen molar-refractivity contribution in [3.63, 3.8) is 0 Å². The van der Waals surface area contributed by atoms with Crippen LogP contribution in [0.3, 0.4) is 0 Å². The quantitative estimate of drug-likeness (QED) is 0.629. The van der Waals surface area contributed by atoms with E-state index in [0.29, 0.717) is 32.1 Å². The average Bonchev–Trinajstić information content (AvgIpc) is 2.51. The minimum absolute atomic E-state index is 0.0237. The molecule has 0 bridgehead atoms. The van der Waals surface area contributed by atoms with E-state index in [9.17, 15) is 13.2 Å². The van der Waals surface area contributed by atoms with Crippen LogP contribution in [-0.4, -0.2) is 59.3 Å². The number of nitrogens with zero attached hydrogens (tertiary/aromatic N) is 1. The van der Waals surface area contributed by atoms with Gasteiger partial charge in [0.15, 0.2) is 0 Å². The van der Waals surface area contributed by atoms with Crippen LogP contribution in [0.15, 0.2) is 29.2 Å². The van der Waals surface area contributed by atoms with E-state index in [2.05, 4.69) is 5.32 Å². The number of nitrogens with one attached hydrogen (secondary N) is 1. The van der Waals surface area contributed by atoms with Crippen LogP contribution < -0.4 is 15.2 Å². The molecule has 0 aromatic heterocycles. The lowest BCUT2D eigenvalue weighted by Gasteiger charge is -2.18. The molecule has 23 heavy (non-hydrogen) atoms. The molecule has 0 spiro atoms. The fourth-order valence-electron chi connectivity index (χ4n) is 1.64. The van der Waals surface area contributed by atoms with Crippen molar-refractivity contribution in [2.75, 3.05) is 40.0 Å². The summed E-state index contributed by atoms with van der Waals surface area (Å²) in [6.45, 7) is 4.10. The first-order valence-corrected chi connectivity index (χ1v) is 8.71. The highest BCUT2D eigenvalue weighted by molar-refractivity contribution is 7.89. The number of ether oxygens (including phenoxy) is 2. The van der Waals surface area contributed by atoms with E-state index >= 15 is 0 Å². The molecule has 0 atom stereocenters. The second-order valence-electron chi connectivity index (χ2n) is 4.72. The molecule has 0 saturated carbocycles. The van der Waals surface area contributed by atoms with Gasteiger partial charge >= 0.3 is 6.03 Å². The van der Waals surface area contributed by atoms with Gasteiger partial charge in [0, 0.05) is 20.2 Å². The summed E-state index contributed by atoms with van der Waals surface area (Å²) >= 11 is 0. The maximum absolute atomic E-state index is 11.7. The van der Waals surface area contributed by atoms with E-state index in [1.807, 2.05) is 6.92 Å². The van der Waals surface area contributed by atoms with Crippen LogP contribution >= 0.6 is 0 Å². The zero-order chi connectivity index (χ0) is 17.3. The molecular formula is C14H23N3O5S. The van der Waals surface area contributed by atoms with Crippen molar-refractivity contribution < 1.29 is 22.7 Å². The molecule has 0 saturated heterocycles. The normalized spacial score (nSPS) is 11.1. The highest BCUT2D eigenvalue weighted by Gasteiger charge is 2.09. The number of likely N-dealkylation sites (N-methyl/N-ethyl adjacent to an activating group) is 1. The summed E-state index contributed by atoms with van der Waals surface area (Å²) in [7, 11) is -2.05. The average molecular weight is 345 g/mol. The summed E-state index contributed by atoms with van der Waals surface area (Å²) < 4.78 is 32.8. The summed E-state index contributed by atoms with van der Waals surface area (Å²) in [4.78, 5) is 13.2. The molecule has 1 rings (SSSR count). The van der Waals surface area contributed by atoms with Crippen molar-refractivity contribution in [2.45, 2.75) is 11.8 Å². The molecule has 8 nitrogen and oxygen atoms in total. The second kappa shape index (κ2) is 9.33. The highest BCUT2D eigenvalue weighted by Crippen LogP contribution is 2.14. The molecule has 3 N–H and O–H groups in total. The number of benzene rings is 1. The number of hydrogen-bond donors (Lipinski definition) is 2. The number of nitrogens with two attached hydrogens (primary N) is 1. The molecule has 0 unspecified atom stereocenters. The van der Waals surface area contributed by atoms with Crippen LogP contribution in [0.2, 0.25) is 0 Å². The Morgan fingerprint density at radius 3 is 2.48 bits per heavy atom. The molecule has 130 valence electrons.